The smallest absolute Gasteiger partial charge is 0.321 e. The minimum Gasteiger partial charge on any atom is -0.361 e. The average Bonchev–Trinajstić information content (AvgIpc) is 3.27. The van der Waals surface area contributed by atoms with Gasteiger partial charge in [-0.25, -0.2) is 4.79 Å². The Balaban J connectivity index is 0.00000176. The Labute approximate surface area is 136 Å². The van der Waals surface area contributed by atoms with E-state index in [-0.39, 0.29) is 36.9 Å². The summed E-state index contributed by atoms with van der Waals surface area (Å²) in [6, 6.07) is 7.89. The number of carbonyl (C=O) groups excluding carboxylic acids is 2. The number of anilines is 1. The highest BCUT2D eigenvalue weighted by molar-refractivity contribution is 5.96. The van der Waals surface area contributed by atoms with Crippen LogP contribution in [-0.4, -0.2) is 37.6 Å². The fraction of sp³-hybridized carbons (Fsp3) is 0.467. The van der Waals surface area contributed by atoms with Crippen molar-refractivity contribution in [2.24, 2.45) is 0 Å². The third-order valence-electron chi connectivity index (χ3n) is 3.71. The highest BCUT2D eigenvalue weighted by atomic mass is 35.5. The molecule has 7 heteroatoms. The lowest BCUT2D eigenvalue weighted by Crippen LogP contribution is -2.45. The van der Waals surface area contributed by atoms with Gasteiger partial charge in [0.25, 0.3) is 0 Å². The maximum Gasteiger partial charge on any atom is 0.321 e. The van der Waals surface area contributed by atoms with E-state index in [4.69, 9.17) is 0 Å². The van der Waals surface area contributed by atoms with Crippen molar-refractivity contribution in [1.82, 2.24) is 16.0 Å². The number of carbonyl (C=O) groups is 2. The number of rotatable bonds is 3. The lowest BCUT2D eigenvalue weighted by Gasteiger charge is -2.23. The summed E-state index contributed by atoms with van der Waals surface area (Å²) < 4.78 is 0. The Kier molecular flexibility index (Phi) is 5.63. The molecule has 1 aromatic rings. The summed E-state index contributed by atoms with van der Waals surface area (Å²) in [7, 11) is 0. The number of nitrogens with one attached hydrogen (secondary N) is 3. The van der Waals surface area contributed by atoms with E-state index in [9.17, 15) is 9.59 Å². The molecule has 120 valence electrons. The molecule has 0 spiro atoms. The molecule has 3 rings (SSSR count). The van der Waals surface area contributed by atoms with Gasteiger partial charge in [-0.1, -0.05) is 18.2 Å². The summed E-state index contributed by atoms with van der Waals surface area (Å²) in [6.45, 7) is 2.55. The fourth-order valence-electron chi connectivity index (χ4n) is 2.48. The maximum atomic E-state index is 12.0. The molecule has 6 nitrogen and oxygen atoms in total. The van der Waals surface area contributed by atoms with Gasteiger partial charge in [0.2, 0.25) is 5.91 Å². The zero-order chi connectivity index (χ0) is 14.7. The zero-order valence-corrected chi connectivity index (χ0v) is 13.1. The molecule has 3 N–H and O–H groups in total. The van der Waals surface area contributed by atoms with Crippen molar-refractivity contribution in [2.75, 3.05) is 24.5 Å². The molecule has 1 aliphatic heterocycles. The minimum atomic E-state index is -0.385. The van der Waals surface area contributed by atoms with Crippen LogP contribution in [0.3, 0.4) is 0 Å². The van der Waals surface area contributed by atoms with Crippen LogP contribution in [-0.2, 0) is 11.3 Å². The molecule has 22 heavy (non-hydrogen) atoms. The summed E-state index contributed by atoms with van der Waals surface area (Å²) in [5.41, 5.74) is 2.23. The molecular formula is C15H21ClN4O2. The molecule has 1 aromatic carbocycles. The zero-order valence-electron chi connectivity index (χ0n) is 12.3. The largest absolute Gasteiger partial charge is 0.361 e. The Morgan fingerprint density at radius 1 is 1.27 bits per heavy atom. The third kappa shape index (κ3) is 4.35. The van der Waals surface area contributed by atoms with Crippen LogP contribution in [0, 0.1) is 0 Å². The molecule has 3 amide bonds. The van der Waals surface area contributed by atoms with Gasteiger partial charge in [-0.05, 0) is 24.5 Å². The van der Waals surface area contributed by atoms with Gasteiger partial charge in [0.15, 0.2) is 0 Å². The van der Waals surface area contributed by atoms with Crippen molar-refractivity contribution in [1.29, 1.82) is 0 Å². The van der Waals surface area contributed by atoms with Gasteiger partial charge in [0.05, 0.1) is 6.54 Å². The Hall–Kier alpha value is -1.79. The van der Waals surface area contributed by atoms with E-state index in [1.165, 1.54) is 5.56 Å². The van der Waals surface area contributed by atoms with Crippen molar-refractivity contribution in [2.45, 2.75) is 25.4 Å². The molecule has 1 aliphatic carbocycles. The monoisotopic (exact) mass is 324 g/mol. The van der Waals surface area contributed by atoms with Crippen molar-refractivity contribution in [3.05, 3.63) is 29.8 Å². The highest BCUT2D eigenvalue weighted by Gasteiger charge is 2.24. The van der Waals surface area contributed by atoms with E-state index in [0.29, 0.717) is 0 Å². The van der Waals surface area contributed by atoms with Gasteiger partial charge in [0, 0.05) is 31.4 Å². The predicted octanol–water partition coefficient (Wildman–Crippen LogP) is 1.01. The molecule has 1 saturated carbocycles. The van der Waals surface area contributed by atoms with Crippen LogP contribution in [0.5, 0.6) is 0 Å². The second-order valence-corrected chi connectivity index (χ2v) is 5.52. The van der Waals surface area contributed by atoms with E-state index < -0.39 is 0 Å². The van der Waals surface area contributed by atoms with Crippen LogP contribution < -0.4 is 20.9 Å². The summed E-state index contributed by atoms with van der Waals surface area (Å²) in [4.78, 5) is 25.6. The number of hydrogen-bond donors (Lipinski definition) is 3. The second-order valence-electron chi connectivity index (χ2n) is 5.52. The fourth-order valence-corrected chi connectivity index (χ4v) is 2.48. The topological polar surface area (TPSA) is 73.5 Å². The molecule has 0 unspecified atom stereocenters. The minimum absolute atomic E-state index is 0. The van der Waals surface area contributed by atoms with E-state index in [0.717, 1.165) is 38.2 Å². The summed E-state index contributed by atoms with van der Waals surface area (Å²) in [5.74, 6) is -0.273. The normalized spacial score (nSPS) is 16.8. The van der Waals surface area contributed by atoms with Gasteiger partial charge in [-0.2, -0.15) is 0 Å². The van der Waals surface area contributed by atoms with Crippen LogP contribution in [0.1, 0.15) is 18.4 Å². The van der Waals surface area contributed by atoms with Crippen molar-refractivity contribution >= 4 is 30.0 Å². The molecular weight excluding hydrogens is 304 g/mol. The van der Waals surface area contributed by atoms with Gasteiger partial charge < -0.3 is 15.5 Å². The lowest BCUT2D eigenvalue weighted by molar-refractivity contribution is -0.118. The first kappa shape index (κ1) is 16.6. The number of amides is 3. The highest BCUT2D eigenvalue weighted by Crippen LogP contribution is 2.21. The standard InChI is InChI=1S/C15H20N4O2.ClH/c20-14(18-15(21)17-12-5-6-12)10-19-8-7-16-9-11-3-1-2-4-13(11)19;/h1-4,12,16H,5-10H2,(H2,17,18,20,21);1H. The molecule has 0 saturated heterocycles. The SMILES string of the molecule is Cl.O=C(CN1CCNCc2ccccc21)NC(=O)NC1CC1. The number of fused-ring (bicyclic) bond motifs is 1. The molecule has 1 fully saturated rings. The molecule has 2 aliphatic rings. The summed E-state index contributed by atoms with van der Waals surface area (Å²) in [5, 5.41) is 8.48. The molecule has 0 atom stereocenters. The lowest BCUT2D eigenvalue weighted by atomic mass is 10.1. The van der Waals surface area contributed by atoms with Gasteiger partial charge in [0.1, 0.15) is 0 Å². The first-order valence-electron chi connectivity index (χ1n) is 7.36. The summed E-state index contributed by atoms with van der Waals surface area (Å²) in [6.07, 6.45) is 2.01. The van der Waals surface area contributed by atoms with Crippen molar-refractivity contribution in [3.63, 3.8) is 0 Å². The van der Waals surface area contributed by atoms with E-state index in [2.05, 4.69) is 22.0 Å². The number of nitrogens with zero attached hydrogens (tertiary/aromatic N) is 1. The van der Waals surface area contributed by atoms with Crippen LogP contribution in [0.4, 0.5) is 10.5 Å². The van der Waals surface area contributed by atoms with Crippen LogP contribution in [0.15, 0.2) is 24.3 Å². The second kappa shape index (κ2) is 7.47. The van der Waals surface area contributed by atoms with Gasteiger partial charge >= 0.3 is 6.03 Å². The quantitative estimate of drug-likeness (QED) is 0.776. The van der Waals surface area contributed by atoms with E-state index in [1.807, 2.05) is 23.1 Å². The Morgan fingerprint density at radius 3 is 2.82 bits per heavy atom. The van der Waals surface area contributed by atoms with Crippen molar-refractivity contribution in [3.8, 4) is 0 Å². The predicted molar refractivity (Wildman–Crippen MR) is 87.3 cm³/mol. The summed E-state index contributed by atoms with van der Waals surface area (Å²) >= 11 is 0. The number of halogens is 1. The number of para-hydroxylation sites is 1. The molecule has 0 radical (unpaired) electrons. The number of urea groups is 1. The molecule has 0 bridgehead atoms. The van der Waals surface area contributed by atoms with E-state index in [1.54, 1.807) is 0 Å². The maximum absolute atomic E-state index is 12.0. The van der Waals surface area contributed by atoms with Crippen LogP contribution >= 0.6 is 12.4 Å². The van der Waals surface area contributed by atoms with Crippen molar-refractivity contribution < 1.29 is 9.59 Å². The molecule has 1 heterocycles. The van der Waals surface area contributed by atoms with Gasteiger partial charge in [-0.15, -0.1) is 12.4 Å². The van der Waals surface area contributed by atoms with Gasteiger partial charge in [-0.3, -0.25) is 10.1 Å². The number of imide groups is 1. The average molecular weight is 325 g/mol. The Bertz CT molecular complexity index is 548. The first-order valence-corrected chi connectivity index (χ1v) is 7.36. The van der Waals surface area contributed by atoms with E-state index >= 15 is 0 Å². The van der Waals surface area contributed by atoms with Crippen LogP contribution in [0.25, 0.3) is 0 Å². The first-order chi connectivity index (χ1) is 10.2. The Morgan fingerprint density at radius 2 is 2.05 bits per heavy atom. The third-order valence-corrected chi connectivity index (χ3v) is 3.71. The molecule has 0 aromatic heterocycles. The number of benzene rings is 1. The van der Waals surface area contributed by atoms with Crippen LogP contribution in [0.2, 0.25) is 0 Å². The number of hydrogen-bond acceptors (Lipinski definition) is 4.